The molecule has 0 heterocycles. The highest BCUT2D eigenvalue weighted by atomic mass is 16.5. The van der Waals surface area contributed by atoms with Gasteiger partial charge in [-0.25, -0.2) is 0 Å². The first-order chi connectivity index (χ1) is 7.45. The molecule has 0 bridgehead atoms. The van der Waals surface area contributed by atoms with Gasteiger partial charge in [0.25, 0.3) is 0 Å². The Hall–Kier alpha value is -1.05. The van der Waals surface area contributed by atoms with E-state index in [1.165, 1.54) is 12.5 Å². The molecule has 0 aliphatic carbocycles. The topological polar surface area (TPSA) is 26.3 Å². The molecule has 16 heavy (non-hydrogen) atoms. The van der Waals surface area contributed by atoms with Crippen molar-refractivity contribution in [3.8, 4) is 0 Å². The smallest absolute Gasteiger partial charge is 0.302 e. The van der Waals surface area contributed by atoms with Gasteiger partial charge in [-0.1, -0.05) is 24.6 Å². The van der Waals surface area contributed by atoms with E-state index in [0.29, 0.717) is 5.92 Å². The summed E-state index contributed by atoms with van der Waals surface area (Å²) in [6, 6.07) is 0. The number of hydrogen-bond acceptors (Lipinski definition) is 2. The molecule has 2 atom stereocenters. The van der Waals surface area contributed by atoms with E-state index in [2.05, 4.69) is 26.5 Å². The van der Waals surface area contributed by atoms with Gasteiger partial charge >= 0.3 is 5.97 Å². The third kappa shape index (κ3) is 8.27. The lowest BCUT2D eigenvalue weighted by atomic mass is 10.0. The molecule has 0 amide bonds. The van der Waals surface area contributed by atoms with E-state index in [1.807, 2.05) is 13.0 Å². The molecule has 0 fully saturated rings. The molecule has 2 nitrogen and oxygen atoms in total. The van der Waals surface area contributed by atoms with Gasteiger partial charge in [-0.05, 0) is 32.6 Å². The van der Waals surface area contributed by atoms with Gasteiger partial charge in [0.05, 0.1) is 0 Å². The van der Waals surface area contributed by atoms with Gasteiger partial charge in [-0.15, -0.1) is 6.58 Å². The van der Waals surface area contributed by atoms with E-state index in [0.717, 1.165) is 19.3 Å². The summed E-state index contributed by atoms with van der Waals surface area (Å²) in [4.78, 5) is 10.7. The summed E-state index contributed by atoms with van der Waals surface area (Å²) >= 11 is 0. The Kier molecular flexibility index (Phi) is 7.61. The number of carbonyl (C=O) groups excluding carboxylic acids is 1. The molecule has 92 valence electrons. The maximum atomic E-state index is 10.7. The van der Waals surface area contributed by atoms with Gasteiger partial charge in [0.1, 0.15) is 6.10 Å². The van der Waals surface area contributed by atoms with Crippen LogP contribution in [-0.2, 0) is 9.53 Å². The zero-order chi connectivity index (χ0) is 12.6. The minimum atomic E-state index is -0.208. The number of allylic oxidation sites excluding steroid dienone is 2. The summed E-state index contributed by atoms with van der Waals surface area (Å²) < 4.78 is 5.07. The predicted molar refractivity (Wildman–Crippen MR) is 68.2 cm³/mol. The van der Waals surface area contributed by atoms with E-state index in [-0.39, 0.29) is 12.1 Å². The molecule has 0 aliphatic rings. The minimum Gasteiger partial charge on any atom is -0.463 e. The van der Waals surface area contributed by atoms with Gasteiger partial charge in [-0.3, -0.25) is 4.79 Å². The van der Waals surface area contributed by atoms with Crippen LogP contribution in [0.15, 0.2) is 24.3 Å². The van der Waals surface area contributed by atoms with Crippen molar-refractivity contribution in [3.05, 3.63) is 24.3 Å². The van der Waals surface area contributed by atoms with Crippen molar-refractivity contribution in [2.45, 2.75) is 53.1 Å². The first-order valence-corrected chi connectivity index (χ1v) is 5.91. The zero-order valence-corrected chi connectivity index (χ0v) is 11.0. The van der Waals surface area contributed by atoms with Crippen LogP contribution in [-0.4, -0.2) is 12.1 Å². The maximum absolute atomic E-state index is 10.7. The van der Waals surface area contributed by atoms with Gasteiger partial charge in [-0.2, -0.15) is 0 Å². The van der Waals surface area contributed by atoms with Crippen LogP contribution >= 0.6 is 0 Å². The first kappa shape index (κ1) is 14.9. The highest BCUT2D eigenvalue weighted by Gasteiger charge is 2.05. The van der Waals surface area contributed by atoms with Crippen LogP contribution in [0.1, 0.15) is 47.0 Å². The number of rotatable bonds is 7. The van der Waals surface area contributed by atoms with Crippen molar-refractivity contribution in [2.75, 3.05) is 0 Å². The van der Waals surface area contributed by atoms with E-state index in [9.17, 15) is 4.79 Å². The Balaban J connectivity index is 3.86. The number of carbonyl (C=O) groups is 1. The molecule has 2 unspecified atom stereocenters. The third-order valence-electron chi connectivity index (χ3n) is 2.49. The summed E-state index contributed by atoms with van der Waals surface area (Å²) in [5.41, 5.74) is 1.28. The lowest BCUT2D eigenvalue weighted by Gasteiger charge is -2.12. The summed E-state index contributed by atoms with van der Waals surface area (Å²) in [6.07, 6.45) is 7.19. The second kappa shape index (κ2) is 8.14. The van der Waals surface area contributed by atoms with Gasteiger partial charge < -0.3 is 4.74 Å². The van der Waals surface area contributed by atoms with E-state index in [1.54, 1.807) is 0 Å². The maximum Gasteiger partial charge on any atom is 0.302 e. The monoisotopic (exact) mass is 224 g/mol. The zero-order valence-electron chi connectivity index (χ0n) is 11.0. The Morgan fingerprint density at radius 1 is 1.38 bits per heavy atom. The Bertz CT molecular complexity index is 253. The van der Waals surface area contributed by atoms with Crippen LogP contribution < -0.4 is 0 Å². The lowest BCUT2D eigenvalue weighted by Crippen LogP contribution is -2.12. The SMILES string of the molecule is C=CC(C)CC/C=C(\C)CC(C)OC(C)=O. The molecule has 0 saturated heterocycles. The number of ether oxygens (including phenoxy) is 1. The summed E-state index contributed by atoms with van der Waals surface area (Å²) in [5, 5.41) is 0. The summed E-state index contributed by atoms with van der Waals surface area (Å²) in [5.74, 6) is 0.357. The lowest BCUT2D eigenvalue weighted by molar-refractivity contribution is -0.145. The Labute approximate surface area is 99.4 Å². The van der Waals surface area contributed by atoms with Crippen molar-refractivity contribution in [1.29, 1.82) is 0 Å². The highest BCUT2D eigenvalue weighted by Crippen LogP contribution is 2.12. The largest absolute Gasteiger partial charge is 0.463 e. The predicted octanol–water partition coefficient (Wildman–Crippen LogP) is 3.88. The second-order valence-corrected chi connectivity index (χ2v) is 4.46. The molecule has 0 aromatic carbocycles. The molecule has 2 heteroatoms. The number of esters is 1. The van der Waals surface area contributed by atoms with Crippen LogP contribution in [0.4, 0.5) is 0 Å². The fraction of sp³-hybridized carbons (Fsp3) is 0.643. The first-order valence-electron chi connectivity index (χ1n) is 5.91. The molecule has 0 N–H and O–H groups in total. The van der Waals surface area contributed by atoms with Crippen molar-refractivity contribution in [2.24, 2.45) is 5.92 Å². The fourth-order valence-electron chi connectivity index (χ4n) is 1.57. The highest BCUT2D eigenvalue weighted by molar-refractivity contribution is 5.66. The Morgan fingerprint density at radius 2 is 2.00 bits per heavy atom. The molecule has 0 radical (unpaired) electrons. The van der Waals surface area contributed by atoms with E-state index >= 15 is 0 Å². The summed E-state index contributed by atoms with van der Waals surface area (Å²) in [7, 11) is 0. The normalized spacial score (nSPS) is 15.4. The van der Waals surface area contributed by atoms with Crippen molar-refractivity contribution in [1.82, 2.24) is 0 Å². The van der Waals surface area contributed by atoms with Crippen LogP contribution in [0.5, 0.6) is 0 Å². The number of hydrogen-bond donors (Lipinski definition) is 0. The van der Waals surface area contributed by atoms with Crippen LogP contribution in [0.25, 0.3) is 0 Å². The van der Waals surface area contributed by atoms with Crippen LogP contribution in [0.3, 0.4) is 0 Å². The molecule has 0 aliphatic heterocycles. The minimum absolute atomic E-state index is 0.0226. The molecule has 0 aromatic heterocycles. The third-order valence-corrected chi connectivity index (χ3v) is 2.49. The molecule has 0 saturated carbocycles. The molecule has 0 rings (SSSR count). The average molecular weight is 224 g/mol. The van der Waals surface area contributed by atoms with Gasteiger partial charge in [0, 0.05) is 13.3 Å². The van der Waals surface area contributed by atoms with Gasteiger partial charge in [0.15, 0.2) is 0 Å². The second-order valence-electron chi connectivity index (χ2n) is 4.46. The average Bonchev–Trinajstić information content (AvgIpc) is 2.15. The van der Waals surface area contributed by atoms with Crippen LogP contribution in [0.2, 0.25) is 0 Å². The molecular weight excluding hydrogens is 200 g/mol. The standard InChI is InChI=1S/C14H24O2/c1-6-11(2)8-7-9-12(3)10-13(4)16-14(5)15/h6,9,11,13H,1,7-8,10H2,2-5H3/b12-9+. The van der Waals surface area contributed by atoms with E-state index in [4.69, 9.17) is 4.74 Å². The van der Waals surface area contributed by atoms with Crippen molar-refractivity contribution < 1.29 is 9.53 Å². The van der Waals surface area contributed by atoms with Gasteiger partial charge in [0.2, 0.25) is 0 Å². The van der Waals surface area contributed by atoms with Crippen LogP contribution in [0, 0.1) is 5.92 Å². The van der Waals surface area contributed by atoms with Crippen molar-refractivity contribution in [3.63, 3.8) is 0 Å². The molecular formula is C14H24O2. The Morgan fingerprint density at radius 3 is 2.50 bits per heavy atom. The quantitative estimate of drug-likeness (QED) is 0.484. The molecule has 0 spiro atoms. The van der Waals surface area contributed by atoms with E-state index < -0.39 is 0 Å². The fourth-order valence-corrected chi connectivity index (χ4v) is 1.57. The van der Waals surface area contributed by atoms with Crippen molar-refractivity contribution >= 4 is 5.97 Å². The summed E-state index contributed by atoms with van der Waals surface area (Å²) in [6.45, 7) is 11.4. The molecule has 0 aromatic rings.